The lowest BCUT2D eigenvalue weighted by molar-refractivity contribution is -0.0504. The molecule has 0 aliphatic carbocycles. The minimum absolute atomic E-state index is 0.00229. The van der Waals surface area contributed by atoms with E-state index in [1.165, 1.54) is 50.2 Å². The van der Waals surface area contributed by atoms with E-state index in [9.17, 15) is 22.0 Å². The summed E-state index contributed by atoms with van der Waals surface area (Å²) in [4.78, 5) is 12.5. The van der Waals surface area contributed by atoms with E-state index in [2.05, 4.69) is 26.0 Å². The molecule has 9 heteroatoms. The van der Waals surface area contributed by atoms with E-state index < -0.39 is 27.6 Å². The summed E-state index contributed by atoms with van der Waals surface area (Å²) in [6.07, 6.45) is 0. The van der Waals surface area contributed by atoms with Crippen molar-refractivity contribution in [2.45, 2.75) is 37.1 Å². The molecule has 146 valence electrons. The Bertz CT molecular complexity index is 933. The monoisotopic (exact) mass is 461 g/mol. The number of nitrogens with one attached hydrogen (secondary N) is 1. The van der Waals surface area contributed by atoms with Crippen LogP contribution in [0.2, 0.25) is 0 Å². The van der Waals surface area contributed by atoms with Gasteiger partial charge in [-0.05, 0) is 44.2 Å². The highest BCUT2D eigenvalue weighted by molar-refractivity contribution is 9.10. The molecule has 5 nitrogen and oxygen atoms in total. The molecule has 2 aromatic carbocycles. The first-order valence-corrected chi connectivity index (χ1v) is 10.3. The SMILES string of the molecule is CC(C)S(=O)(=O)c1ccccc1C(=O)NCc1cc(Br)ccc1OC(F)F. The third kappa shape index (κ3) is 5.26. The van der Waals surface area contributed by atoms with Crippen molar-refractivity contribution in [3.05, 3.63) is 58.1 Å². The van der Waals surface area contributed by atoms with Crippen LogP contribution in [0.5, 0.6) is 5.75 Å². The Kier molecular flexibility index (Phi) is 6.94. The first-order valence-electron chi connectivity index (χ1n) is 7.97. The fraction of sp³-hybridized carbons (Fsp3) is 0.278. The molecule has 1 amide bonds. The normalized spacial score (nSPS) is 11.7. The minimum atomic E-state index is -3.66. The molecule has 2 aromatic rings. The second-order valence-electron chi connectivity index (χ2n) is 5.90. The van der Waals surface area contributed by atoms with Crippen LogP contribution < -0.4 is 10.1 Å². The number of carbonyl (C=O) groups is 1. The Morgan fingerprint density at radius 1 is 1.19 bits per heavy atom. The predicted octanol–water partition coefficient (Wildman–Crippen LogP) is 4.16. The summed E-state index contributed by atoms with van der Waals surface area (Å²) in [7, 11) is -3.66. The quantitative estimate of drug-likeness (QED) is 0.671. The van der Waals surface area contributed by atoms with Gasteiger partial charge in [0.2, 0.25) is 0 Å². The molecule has 0 atom stereocenters. The van der Waals surface area contributed by atoms with Gasteiger partial charge in [0, 0.05) is 16.6 Å². The smallest absolute Gasteiger partial charge is 0.387 e. The third-order valence-electron chi connectivity index (χ3n) is 3.74. The molecule has 0 bridgehead atoms. The number of carbonyl (C=O) groups excluding carboxylic acids is 1. The molecule has 0 aliphatic rings. The van der Waals surface area contributed by atoms with E-state index in [1.807, 2.05) is 0 Å². The number of alkyl halides is 2. The van der Waals surface area contributed by atoms with E-state index in [1.54, 1.807) is 6.07 Å². The molecule has 0 saturated heterocycles. The van der Waals surface area contributed by atoms with Crippen LogP contribution in [0, 0.1) is 0 Å². The summed E-state index contributed by atoms with van der Waals surface area (Å²) in [5.74, 6) is -0.700. The van der Waals surface area contributed by atoms with Gasteiger partial charge in [0.15, 0.2) is 9.84 Å². The third-order valence-corrected chi connectivity index (χ3v) is 6.44. The van der Waals surface area contributed by atoms with Crippen LogP contribution in [0.25, 0.3) is 0 Å². The first-order chi connectivity index (χ1) is 12.6. The predicted molar refractivity (Wildman–Crippen MR) is 101 cm³/mol. The Morgan fingerprint density at radius 3 is 2.48 bits per heavy atom. The number of hydrogen-bond acceptors (Lipinski definition) is 4. The second-order valence-corrected chi connectivity index (χ2v) is 9.29. The lowest BCUT2D eigenvalue weighted by atomic mass is 10.1. The van der Waals surface area contributed by atoms with Gasteiger partial charge in [0.25, 0.3) is 5.91 Å². The average Bonchev–Trinajstić information content (AvgIpc) is 2.61. The van der Waals surface area contributed by atoms with E-state index in [4.69, 9.17) is 0 Å². The Labute approximate surface area is 164 Å². The summed E-state index contributed by atoms with van der Waals surface area (Å²) in [5, 5.41) is 1.87. The summed E-state index contributed by atoms with van der Waals surface area (Å²) in [6.45, 7) is -0.0625. The molecule has 1 N–H and O–H groups in total. The zero-order chi connectivity index (χ0) is 20.2. The largest absolute Gasteiger partial charge is 0.434 e. The van der Waals surface area contributed by atoms with Crippen LogP contribution in [-0.2, 0) is 16.4 Å². The van der Waals surface area contributed by atoms with E-state index in [0.29, 0.717) is 10.0 Å². The first kappa shape index (κ1) is 21.3. The van der Waals surface area contributed by atoms with Gasteiger partial charge in [-0.25, -0.2) is 8.42 Å². The standard InChI is InChI=1S/C18H18BrF2NO4S/c1-11(2)27(24,25)16-6-4-3-5-14(16)17(23)22-10-12-9-13(19)7-8-15(12)26-18(20)21/h3-9,11,18H,10H2,1-2H3,(H,22,23). The maximum Gasteiger partial charge on any atom is 0.387 e. The van der Waals surface area contributed by atoms with Crippen LogP contribution in [-0.4, -0.2) is 26.2 Å². The van der Waals surface area contributed by atoms with Gasteiger partial charge in [0.1, 0.15) is 5.75 Å². The van der Waals surface area contributed by atoms with Crippen molar-refractivity contribution in [1.82, 2.24) is 5.32 Å². The lowest BCUT2D eigenvalue weighted by Crippen LogP contribution is -2.26. The molecule has 0 aromatic heterocycles. The zero-order valence-corrected chi connectivity index (χ0v) is 17.0. The zero-order valence-electron chi connectivity index (χ0n) is 14.6. The second kappa shape index (κ2) is 8.79. The van der Waals surface area contributed by atoms with Crippen LogP contribution >= 0.6 is 15.9 Å². The number of benzene rings is 2. The highest BCUT2D eigenvalue weighted by atomic mass is 79.9. The molecular formula is C18H18BrF2NO4S. The van der Waals surface area contributed by atoms with Crippen molar-refractivity contribution in [3.8, 4) is 5.75 Å². The van der Waals surface area contributed by atoms with E-state index >= 15 is 0 Å². The van der Waals surface area contributed by atoms with Crippen molar-refractivity contribution in [2.75, 3.05) is 0 Å². The summed E-state index contributed by atoms with van der Waals surface area (Å²) >= 11 is 3.23. The number of sulfone groups is 1. The van der Waals surface area contributed by atoms with E-state index in [-0.39, 0.29) is 22.8 Å². The molecule has 0 spiro atoms. The molecule has 0 heterocycles. The van der Waals surface area contributed by atoms with Crippen LogP contribution in [0.4, 0.5) is 8.78 Å². The summed E-state index contributed by atoms with van der Waals surface area (Å²) < 4.78 is 55.1. The molecule has 27 heavy (non-hydrogen) atoms. The fourth-order valence-corrected chi connectivity index (χ4v) is 3.98. The van der Waals surface area contributed by atoms with Crippen LogP contribution in [0.3, 0.4) is 0 Å². The minimum Gasteiger partial charge on any atom is -0.434 e. The highest BCUT2D eigenvalue weighted by Gasteiger charge is 2.25. The van der Waals surface area contributed by atoms with Gasteiger partial charge in [-0.3, -0.25) is 4.79 Å². The summed E-state index contributed by atoms with van der Waals surface area (Å²) in [5.41, 5.74) is 0.319. The number of rotatable bonds is 7. The topological polar surface area (TPSA) is 72.5 Å². The Hall–Kier alpha value is -2.00. The van der Waals surface area contributed by atoms with Crippen molar-refractivity contribution >= 4 is 31.7 Å². The molecule has 0 unspecified atom stereocenters. The van der Waals surface area contributed by atoms with E-state index in [0.717, 1.165) is 0 Å². The maximum absolute atomic E-state index is 12.6. The van der Waals surface area contributed by atoms with Gasteiger partial charge in [-0.1, -0.05) is 28.1 Å². The molecular weight excluding hydrogens is 444 g/mol. The molecule has 0 aliphatic heterocycles. The van der Waals surface area contributed by atoms with Crippen molar-refractivity contribution in [2.24, 2.45) is 0 Å². The van der Waals surface area contributed by atoms with Gasteiger partial charge in [-0.2, -0.15) is 8.78 Å². The Morgan fingerprint density at radius 2 is 1.85 bits per heavy atom. The number of halogens is 3. The van der Waals surface area contributed by atoms with Crippen molar-refractivity contribution in [1.29, 1.82) is 0 Å². The molecule has 0 fully saturated rings. The van der Waals surface area contributed by atoms with Gasteiger partial charge in [0.05, 0.1) is 15.7 Å². The summed E-state index contributed by atoms with van der Waals surface area (Å²) in [6, 6.07) is 10.3. The van der Waals surface area contributed by atoms with Crippen molar-refractivity contribution in [3.63, 3.8) is 0 Å². The number of amides is 1. The highest BCUT2D eigenvalue weighted by Crippen LogP contribution is 2.25. The lowest BCUT2D eigenvalue weighted by Gasteiger charge is -2.14. The van der Waals surface area contributed by atoms with Gasteiger partial charge >= 0.3 is 6.61 Å². The molecule has 0 saturated carbocycles. The molecule has 0 radical (unpaired) electrons. The van der Waals surface area contributed by atoms with Gasteiger partial charge < -0.3 is 10.1 Å². The van der Waals surface area contributed by atoms with Crippen LogP contribution in [0.1, 0.15) is 29.8 Å². The number of ether oxygens (including phenoxy) is 1. The number of hydrogen-bond donors (Lipinski definition) is 1. The maximum atomic E-state index is 12.6. The van der Waals surface area contributed by atoms with Crippen molar-refractivity contribution < 1.29 is 26.7 Å². The average molecular weight is 462 g/mol. The fourth-order valence-electron chi connectivity index (χ4n) is 2.32. The van der Waals surface area contributed by atoms with Crippen LogP contribution in [0.15, 0.2) is 51.8 Å². The molecule has 2 rings (SSSR count). The Balaban J connectivity index is 2.27. The van der Waals surface area contributed by atoms with Gasteiger partial charge in [-0.15, -0.1) is 0 Å².